The topological polar surface area (TPSA) is 112 Å². The maximum Gasteiger partial charge on any atom is 0.338 e. The number of carbonyl (C=O) groups excluding carboxylic acids is 3. The van der Waals surface area contributed by atoms with Crippen LogP contribution in [0.25, 0.3) is 5.69 Å². The second kappa shape index (κ2) is 7.31. The second-order valence-electron chi connectivity index (χ2n) is 5.93. The van der Waals surface area contributed by atoms with Gasteiger partial charge in [-0.25, -0.2) is 14.5 Å². The highest BCUT2D eigenvalue weighted by Crippen LogP contribution is 2.28. The summed E-state index contributed by atoms with van der Waals surface area (Å²) in [5, 5.41) is 6.63. The van der Waals surface area contributed by atoms with Crippen LogP contribution in [-0.4, -0.2) is 45.6 Å². The molecule has 0 radical (unpaired) electrons. The summed E-state index contributed by atoms with van der Waals surface area (Å²) in [6.45, 7) is -0.481. The van der Waals surface area contributed by atoms with Gasteiger partial charge in [0.05, 0.1) is 16.9 Å². The van der Waals surface area contributed by atoms with Crippen molar-refractivity contribution in [2.24, 2.45) is 0 Å². The van der Waals surface area contributed by atoms with Crippen molar-refractivity contribution < 1.29 is 23.9 Å². The quantitative estimate of drug-likeness (QED) is 0.530. The van der Waals surface area contributed by atoms with Crippen LogP contribution >= 0.6 is 0 Å². The third-order valence-corrected chi connectivity index (χ3v) is 4.06. The van der Waals surface area contributed by atoms with Gasteiger partial charge in [-0.05, 0) is 42.5 Å². The zero-order valence-electron chi connectivity index (χ0n) is 14.5. The molecule has 9 heteroatoms. The highest BCUT2D eigenvalue weighted by molar-refractivity contribution is 6.02. The van der Waals surface area contributed by atoms with Crippen LogP contribution < -0.4 is 10.1 Å². The van der Waals surface area contributed by atoms with Crippen molar-refractivity contribution in [1.29, 1.82) is 0 Å². The Morgan fingerprint density at radius 3 is 2.68 bits per heavy atom. The summed E-state index contributed by atoms with van der Waals surface area (Å²) in [5.41, 5.74) is 1.77. The minimum absolute atomic E-state index is 0.0619. The lowest BCUT2D eigenvalue weighted by Crippen LogP contribution is -2.25. The van der Waals surface area contributed by atoms with Crippen molar-refractivity contribution in [3.63, 3.8) is 0 Å². The second-order valence-corrected chi connectivity index (χ2v) is 5.93. The van der Waals surface area contributed by atoms with Gasteiger partial charge in [0, 0.05) is 5.56 Å². The van der Waals surface area contributed by atoms with Crippen LogP contribution in [0.4, 0.5) is 5.69 Å². The average Bonchev–Trinajstić information content (AvgIpc) is 3.26. The molecular formula is C19H14N4O5. The Hall–Kier alpha value is -4.01. The van der Waals surface area contributed by atoms with E-state index in [0.29, 0.717) is 22.6 Å². The molecule has 2 heterocycles. The number of fused-ring (bicyclic) bond motifs is 1. The first-order valence-corrected chi connectivity index (χ1v) is 8.32. The van der Waals surface area contributed by atoms with Crippen LogP contribution in [-0.2, 0) is 9.53 Å². The summed E-state index contributed by atoms with van der Waals surface area (Å²) in [6, 6.07) is 11.2. The number of aromatic nitrogens is 3. The van der Waals surface area contributed by atoms with Gasteiger partial charge in [-0.3, -0.25) is 9.59 Å². The molecule has 9 nitrogen and oxygen atoms in total. The number of nitrogens with one attached hydrogen (secondary N) is 1. The number of anilines is 1. The first kappa shape index (κ1) is 17.4. The highest BCUT2D eigenvalue weighted by atomic mass is 16.5. The number of carbonyl (C=O) groups is 3. The number of hydrogen-bond acceptors (Lipinski definition) is 7. The standard InChI is InChI=1S/C19H14N4O5/c24-16(13-3-6-17-15(7-13)22-18(25)9-27-17)8-28-19(26)12-1-4-14(5-2-12)23-11-20-10-21-23/h1-7,10-11H,8-9H2,(H,22,25). The van der Waals surface area contributed by atoms with Crippen molar-refractivity contribution >= 4 is 23.3 Å². The lowest BCUT2D eigenvalue weighted by atomic mass is 10.1. The van der Waals surface area contributed by atoms with Gasteiger partial charge in [0.25, 0.3) is 5.91 Å². The molecule has 0 bridgehead atoms. The fraction of sp³-hybridized carbons (Fsp3) is 0.105. The third kappa shape index (κ3) is 3.58. The van der Waals surface area contributed by atoms with E-state index in [9.17, 15) is 14.4 Å². The van der Waals surface area contributed by atoms with E-state index in [2.05, 4.69) is 15.4 Å². The van der Waals surface area contributed by atoms with Gasteiger partial charge in [-0.15, -0.1) is 0 Å². The van der Waals surface area contributed by atoms with Gasteiger partial charge in [0.2, 0.25) is 0 Å². The molecule has 3 aromatic rings. The predicted molar refractivity (Wildman–Crippen MR) is 96.5 cm³/mol. The summed E-state index contributed by atoms with van der Waals surface area (Å²) in [7, 11) is 0. The molecule has 1 N–H and O–H groups in total. The number of hydrogen-bond donors (Lipinski definition) is 1. The molecule has 0 fully saturated rings. The Balaban J connectivity index is 1.39. The average molecular weight is 378 g/mol. The lowest BCUT2D eigenvalue weighted by molar-refractivity contribution is -0.118. The van der Waals surface area contributed by atoms with Gasteiger partial charge in [0.15, 0.2) is 19.0 Å². The van der Waals surface area contributed by atoms with Gasteiger partial charge in [-0.2, -0.15) is 5.10 Å². The van der Waals surface area contributed by atoms with E-state index in [-0.39, 0.29) is 12.5 Å². The van der Waals surface area contributed by atoms with Crippen LogP contribution in [0.2, 0.25) is 0 Å². The Morgan fingerprint density at radius 2 is 1.93 bits per heavy atom. The summed E-state index contributed by atoms with van der Waals surface area (Å²) in [5.74, 6) is -0.818. The Labute approximate surface area is 158 Å². The van der Waals surface area contributed by atoms with Gasteiger partial charge in [-0.1, -0.05) is 0 Å². The highest BCUT2D eigenvalue weighted by Gasteiger charge is 2.19. The number of amides is 1. The zero-order chi connectivity index (χ0) is 19.5. The normalized spacial score (nSPS) is 12.5. The molecule has 2 aromatic carbocycles. The van der Waals surface area contributed by atoms with Crippen molar-refractivity contribution in [2.45, 2.75) is 0 Å². The number of rotatable bonds is 5. The molecule has 0 atom stereocenters. The molecule has 1 aliphatic rings. The number of Topliss-reactive ketones (excluding diaryl/α,β-unsaturated/α-hetero) is 1. The van der Waals surface area contributed by atoms with Crippen LogP contribution in [0.3, 0.4) is 0 Å². The van der Waals surface area contributed by atoms with Crippen LogP contribution in [0, 0.1) is 0 Å². The first-order valence-electron chi connectivity index (χ1n) is 8.32. The molecule has 140 valence electrons. The summed E-state index contributed by atoms with van der Waals surface area (Å²) < 4.78 is 11.9. The molecule has 0 unspecified atom stereocenters. The van der Waals surface area contributed by atoms with E-state index in [4.69, 9.17) is 9.47 Å². The van der Waals surface area contributed by atoms with Crippen LogP contribution in [0.5, 0.6) is 5.75 Å². The molecule has 4 rings (SSSR count). The first-order chi connectivity index (χ1) is 13.6. The zero-order valence-corrected chi connectivity index (χ0v) is 14.5. The fourth-order valence-electron chi connectivity index (χ4n) is 2.65. The number of nitrogens with zero attached hydrogens (tertiary/aromatic N) is 3. The van der Waals surface area contributed by atoms with Gasteiger partial charge in [0.1, 0.15) is 18.4 Å². The van der Waals surface area contributed by atoms with E-state index in [1.165, 1.54) is 18.7 Å². The van der Waals surface area contributed by atoms with Crippen molar-refractivity contribution in [2.75, 3.05) is 18.5 Å². The predicted octanol–water partition coefficient (Wildman–Crippen LogP) is 1.64. The van der Waals surface area contributed by atoms with E-state index in [1.807, 2.05) is 0 Å². The number of ketones is 1. The largest absolute Gasteiger partial charge is 0.482 e. The van der Waals surface area contributed by atoms with E-state index in [1.54, 1.807) is 41.1 Å². The molecule has 0 aliphatic carbocycles. The number of ether oxygens (including phenoxy) is 2. The molecule has 0 saturated carbocycles. The minimum Gasteiger partial charge on any atom is -0.482 e. The molecule has 1 aliphatic heterocycles. The number of benzene rings is 2. The Bertz CT molecular complexity index is 1040. The summed E-state index contributed by atoms with van der Waals surface area (Å²) >= 11 is 0. The molecular weight excluding hydrogens is 364 g/mol. The van der Waals surface area contributed by atoms with E-state index < -0.39 is 18.4 Å². The van der Waals surface area contributed by atoms with E-state index >= 15 is 0 Å². The molecule has 28 heavy (non-hydrogen) atoms. The van der Waals surface area contributed by atoms with Crippen molar-refractivity contribution in [3.05, 3.63) is 66.2 Å². The smallest absolute Gasteiger partial charge is 0.338 e. The van der Waals surface area contributed by atoms with Crippen LogP contribution in [0.15, 0.2) is 55.1 Å². The van der Waals surface area contributed by atoms with Gasteiger partial charge >= 0.3 is 5.97 Å². The lowest BCUT2D eigenvalue weighted by Gasteiger charge is -2.18. The van der Waals surface area contributed by atoms with Crippen molar-refractivity contribution in [3.8, 4) is 11.4 Å². The SMILES string of the molecule is O=C1COc2ccc(C(=O)COC(=O)c3ccc(-n4cncn4)cc3)cc2N1. The molecule has 1 amide bonds. The molecule has 1 aromatic heterocycles. The number of esters is 1. The van der Waals surface area contributed by atoms with Crippen LogP contribution in [0.1, 0.15) is 20.7 Å². The third-order valence-electron chi connectivity index (χ3n) is 4.06. The van der Waals surface area contributed by atoms with Crippen molar-refractivity contribution in [1.82, 2.24) is 14.8 Å². The maximum atomic E-state index is 12.3. The summed E-state index contributed by atoms with van der Waals surface area (Å²) in [4.78, 5) is 39.7. The molecule has 0 spiro atoms. The maximum absolute atomic E-state index is 12.3. The van der Waals surface area contributed by atoms with Gasteiger partial charge < -0.3 is 14.8 Å². The van der Waals surface area contributed by atoms with E-state index in [0.717, 1.165) is 5.69 Å². The minimum atomic E-state index is -0.618. The summed E-state index contributed by atoms with van der Waals surface area (Å²) in [6.07, 6.45) is 2.95. The Kier molecular flexibility index (Phi) is 4.55. The Morgan fingerprint density at radius 1 is 1.14 bits per heavy atom. The molecule has 0 saturated heterocycles. The monoisotopic (exact) mass is 378 g/mol. The fourth-order valence-corrected chi connectivity index (χ4v) is 2.65.